The second kappa shape index (κ2) is 9.72. The van der Waals surface area contributed by atoms with Crippen molar-refractivity contribution in [3.63, 3.8) is 0 Å². The molecule has 0 saturated carbocycles. The Morgan fingerprint density at radius 2 is 1.32 bits per heavy atom. The van der Waals surface area contributed by atoms with E-state index in [1.54, 1.807) is 13.8 Å². The molecule has 0 aromatic rings. The fourth-order valence-electron chi connectivity index (χ4n) is 0.759. The van der Waals surface area contributed by atoms with Crippen LogP contribution in [0.25, 0.3) is 4.98 Å². The fourth-order valence-corrected chi connectivity index (χ4v) is 3.55. The van der Waals surface area contributed by atoms with Gasteiger partial charge in [-0.25, -0.2) is 0 Å². The number of rotatable bonds is 6. The summed E-state index contributed by atoms with van der Waals surface area (Å²) in [4.78, 5) is 14.1. The molecule has 0 radical (unpaired) electrons. The topological polar surface area (TPSA) is 72.9 Å². The predicted octanol–water partition coefficient (Wildman–Crippen LogP) is 7.22. The first-order valence-corrected chi connectivity index (χ1v) is 39.0. The van der Waals surface area contributed by atoms with E-state index in [9.17, 15) is 4.79 Å². The maximum absolute atomic E-state index is 11.4. The van der Waals surface area contributed by atoms with Crippen molar-refractivity contribution in [2.45, 2.75) is 13.8 Å². The van der Waals surface area contributed by atoms with Gasteiger partial charge in [-0.3, -0.25) is 0 Å². The summed E-state index contributed by atoms with van der Waals surface area (Å²) in [5, 5.41) is 8.76. The van der Waals surface area contributed by atoms with E-state index in [0.717, 1.165) is 0 Å². The second-order valence-electron chi connectivity index (χ2n) is 3.60. The van der Waals surface area contributed by atoms with Crippen molar-refractivity contribution >= 4 is 117 Å². The van der Waals surface area contributed by atoms with Crippen LogP contribution in [-0.4, -0.2) is 41.6 Å². The van der Waals surface area contributed by atoms with Gasteiger partial charge in [-0.2, -0.15) is 0 Å². The van der Waals surface area contributed by atoms with Crippen LogP contribution >= 0.6 is 88.3 Å². The molecule has 0 spiro atoms. The van der Waals surface area contributed by atoms with Crippen LogP contribution in [0.5, 0.6) is 0 Å². The van der Waals surface area contributed by atoms with Crippen molar-refractivity contribution in [2.75, 3.05) is 13.2 Å². The van der Waals surface area contributed by atoms with Crippen LogP contribution in [-0.2, 0) is 17.3 Å². The van der Waals surface area contributed by atoms with Crippen LogP contribution in [0.4, 0.5) is 0 Å². The zero-order valence-corrected chi connectivity index (χ0v) is 24.8. The number of carbonyl (C=O) groups is 1. The summed E-state index contributed by atoms with van der Waals surface area (Å²) in [7, 11) is 47.3. The average Bonchev–Trinajstić information content (AvgIpc) is 2.22. The Morgan fingerprint density at radius 1 is 0.960 bits per heavy atom. The quantitative estimate of drug-likeness (QED) is 0.0936. The number of halogens is 10. The normalized spacial score (nSPS) is 17.0. The van der Waals surface area contributed by atoms with Gasteiger partial charge < -0.3 is 0 Å². The summed E-state index contributed by atoms with van der Waals surface area (Å²) >= 11 is -5.33. The summed E-state index contributed by atoms with van der Waals surface area (Å²) in [5.74, 6) is -1.59. The van der Waals surface area contributed by atoms with Gasteiger partial charge in [0.05, 0.1) is 0 Å². The third kappa shape index (κ3) is 26.8. The van der Waals surface area contributed by atoms with Gasteiger partial charge in [-0.05, 0) is 0 Å². The summed E-state index contributed by atoms with van der Waals surface area (Å²) in [5.41, 5.74) is -0.667. The Morgan fingerprint density at radius 3 is 1.56 bits per heavy atom. The van der Waals surface area contributed by atoms with E-state index < -0.39 is 40.0 Å². The molecule has 0 fully saturated rings. The molecular formula is C7H10Cl10N2O4Sb2. The molecule has 18 heteroatoms. The number of ether oxygens (including phenoxy) is 2. The number of esters is 1. The third-order valence-corrected chi connectivity index (χ3v) is 4.37. The minimum absolute atomic E-state index is 0.0518. The van der Waals surface area contributed by atoms with E-state index in [1.165, 1.54) is 0 Å². The van der Waals surface area contributed by atoms with Gasteiger partial charge in [0.25, 0.3) is 0 Å². The van der Waals surface area contributed by atoms with Gasteiger partial charge in [0.1, 0.15) is 0 Å². The van der Waals surface area contributed by atoms with Crippen molar-refractivity contribution in [2.24, 2.45) is 0 Å². The molecule has 0 aromatic carbocycles. The first-order valence-electron chi connectivity index (χ1n) is 5.60. The number of carbonyl (C=O) groups excluding carboxylic acids is 1. The van der Waals surface area contributed by atoms with Crippen molar-refractivity contribution < 1.29 is 17.3 Å². The third-order valence-electron chi connectivity index (χ3n) is 1.26. The maximum atomic E-state index is 11.4. The molecule has 0 rings (SSSR count). The standard InChI is InChI=1S/C7H10N2O4.10ClH.2Sb/c1-3-12-6(10)5(9-8)7(11)13-4-2;;;;;;;;;;;;/h3-4H2,1-2H3;10*1H;;/q;;;;;;;;;;;2*+5/p-10. The molecule has 0 bridgehead atoms. The van der Waals surface area contributed by atoms with Crippen molar-refractivity contribution in [1.82, 2.24) is 0 Å². The van der Waals surface area contributed by atoms with Gasteiger partial charge in [-0.15, -0.1) is 0 Å². The molecular weight excluding hydrogens is 774 g/mol. The van der Waals surface area contributed by atoms with Gasteiger partial charge in [0.15, 0.2) is 0 Å². The molecule has 0 amide bonds. The molecule has 6 nitrogen and oxygen atoms in total. The van der Waals surface area contributed by atoms with E-state index in [4.69, 9.17) is 101 Å². The van der Waals surface area contributed by atoms with E-state index in [2.05, 4.69) is 9.71 Å². The van der Waals surface area contributed by atoms with E-state index in [1.807, 2.05) is 0 Å². The molecule has 0 saturated heterocycles. The molecule has 0 aliphatic carbocycles. The van der Waals surface area contributed by atoms with Gasteiger partial charge >= 0.3 is 183 Å². The van der Waals surface area contributed by atoms with Crippen molar-refractivity contribution in [3.05, 3.63) is 16.6 Å². The van der Waals surface area contributed by atoms with Crippen molar-refractivity contribution in [3.8, 4) is 0 Å². The van der Waals surface area contributed by atoms with Crippen LogP contribution in [0.3, 0.4) is 0 Å². The molecule has 0 atom stereocenters. The summed E-state index contributed by atoms with van der Waals surface area (Å²) < 4.78 is 14.4. The molecule has 0 aliphatic heterocycles. The molecule has 152 valence electrons. The van der Waals surface area contributed by atoms with Crippen LogP contribution < -0.4 is 0 Å². The van der Waals surface area contributed by atoms with E-state index in [0.29, 0.717) is 0 Å². The van der Waals surface area contributed by atoms with E-state index in [-0.39, 0.29) is 13.2 Å². The number of hydrogen-bond acceptors (Lipinski definition) is 5. The Labute approximate surface area is 180 Å². The monoisotopic (exact) mass is 778 g/mol. The number of nitrogens with zero attached hydrogens (tertiary/aromatic N) is 2. The molecule has 0 heterocycles. The molecule has 0 N–H and O–H groups in total. The SMILES string of the molecule is CCOC(=O)/C([N+]#N)=C(/OCC)[O][Sb]([Cl])([Cl])([Cl])[Cl].[Cl][Sb-]([Cl])([Cl])([Cl])([Cl])[Cl]. The second-order valence-corrected chi connectivity index (χ2v) is 89.1. The zero-order chi connectivity index (χ0) is 20.8. The summed E-state index contributed by atoms with van der Waals surface area (Å²) in [6.45, 7) is 3.26. The van der Waals surface area contributed by atoms with Crippen LogP contribution in [0.15, 0.2) is 11.6 Å². The Balaban J connectivity index is 0. The Hall–Kier alpha value is 2.77. The molecule has 25 heavy (non-hydrogen) atoms. The molecule has 0 aromatic heterocycles. The van der Waals surface area contributed by atoms with Crippen LogP contribution in [0.2, 0.25) is 0 Å². The summed E-state index contributed by atoms with van der Waals surface area (Å²) in [6.07, 6.45) is 0. The van der Waals surface area contributed by atoms with Crippen LogP contribution in [0.1, 0.15) is 13.8 Å². The van der Waals surface area contributed by atoms with Gasteiger partial charge in [0.2, 0.25) is 0 Å². The summed E-state index contributed by atoms with van der Waals surface area (Å²) in [6, 6.07) is 0. The first-order chi connectivity index (χ1) is 10.6. The van der Waals surface area contributed by atoms with E-state index >= 15 is 0 Å². The fraction of sp³-hybridized carbons (Fsp3) is 0.571. The van der Waals surface area contributed by atoms with Crippen molar-refractivity contribution in [1.29, 1.82) is 5.39 Å². The van der Waals surface area contributed by atoms with Gasteiger partial charge in [-0.1, -0.05) is 0 Å². The Kier molecular flexibility index (Phi) is 11.6. The molecule has 0 unspecified atom stereocenters. The molecule has 0 aliphatic rings. The van der Waals surface area contributed by atoms with Crippen LogP contribution in [0, 0.1) is 5.39 Å². The Bertz CT molecular complexity index is 555. The predicted molar refractivity (Wildman–Crippen MR) is 111 cm³/mol. The van der Waals surface area contributed by atoms with Gasteiger partial charge in [0, 0.05) is 0 Å². The first kappa shape index (κ1) is 30.0. The number of diazo groups is 1. The average molecular weight is 784 g/mol. The minimum atomic E-state index is -5.42. The zero-order valence-electron chi connectivity index (χ0n) is 12.1. The number of hydrogen-bond donors (Lipinski definition) is 0.